The van der Waals surface area contributed by atoms with Crippen LogP contribution in [0.1, 0.15) is 15.9 Å². The van der Waals surface area contributed by atoms with Crippen molar-refractivity contribution in [2.24, 2.45) is 0 Å². The van der Waals surface area contributed by atoms with E-state index in [4.69, 9.17) is 22.4 Å². The fraction of sp³-hybridized carbons (Fsp3) is 0.0667. The van der Waals surface area contributed by atoms with E-state index in [1.54, 1.807) is 30.3 Å². The van der Waals surface area contributed by atoms with E-state index in [0.29, 0.717) is 11.4 Å². The number of hydrogen-bond donors (Lipinski definition) is 3. The maximum absolute atomic E-state index is 11.9. The molecule has 0 heterocycles. The summed E-state index contributed by atoms with van der Waals surface area (Å²) in [4.78, 5) is 22.9. The molecule has 1 amide bonds. The molecule has 0 spiro atoms. The van der Waals surface area contributed by atoms with Gasteiger partial charge in [0.25, 0.3) is 0 Å². The number of nitrogens with two attached hydrogens (primary N) is 1. The molecule has 2 aromatic carbocycles. The van der Waals surface area contributed by atoms with E-state index in [1.807, 2.05) is 0 Å². The Morgan fingerprint density at radius 3 is 2.43 bits per heavy atom. The van der Waals surface area contributed by atoms with Gasteiger partial charge in [-0.25, -0.2) is 4.79 Å². The number of benzene rings is 2. The fourth-order valence-electron chi connectivity index (χ4n) is 1.79. The predicted octanol–water partition coefficient (Wildman–Crippen LogP) is 2.80. The summed E-state index contributed by atoms with van der Waals surface area (Å²) in [5.74, 6) is -1.40. The average Bonchev–Trinajstić information content (AvgIpc) is 2.43. The number of nitrogens with one attached hydrogen (secondary N) is 1. The summed E-state index contributed by atoms with van der Waals surface area (Å²) >= 11 is 5.77. The Balaban J connectivity index is 2.07. The van der Waals surface area contributed by atoms with Gasteiger partial charge in [-0.3, -0.25) is 4.79 Å². The first-order chi connectivity index (χ1) is 9.95. The van der Waals surface area contributed by atoms with E-state index in [9.17, 15) is 9.59 Å². The number of hydrogen-bond acceptors (Lipinski definition) is 3. The van der Waals surface area contributed by atoms with Gasteiger partial charge < -0.3 is 16.2 Å². The first-order valence-electron chi connectivity index (χ1n) is 6.13. The van der Waals surface area contributed by atoms with Crippen molar-refractivity contribution >= 4 is 34.9 Å². The summed E-state index contributed by atoms with van der Waals surface area (Å²) in [5.41, 5.74) is 7.35. The number of anilines is 2. The molecule has 2 rings (SSSR count). The standard InChI is InChI=1S/C15H13ClN2O3/c16-13-6-5-11(8-12(13)15(20)21)18-14(19)7-9-1-3-10(17)4-2-9/h1-6,8H,7,17H2,(H,18,19)(H,20,21). The second kappa shape index (κ2) is 6.28. The maximum atomic E-state index is 11.9. The average molecular weight is 305 g/mol. The Bertz CT molecular complexity index is 684. The highest BCUT2D eigenvalue weighted by Crippen LogP contribution is 2.20. The molecule has 0 atom stereocenters. The SMILES string of the molecule is Nc1ccc(CC(=O)Nc2ccc(Cl)c(C(=O)O)c2)cc1. The lowest BCUT2D eigenvalue weighted by Crippen LogP contribution is -2.14. The van der Waals surface area contributed by atoms with Crippen LogP contribution in [0.4, 0.5) is 11.4 Å². The molecular weight excluding hydrogens is 292 g/mol. The second-order valence-corrected chi connectivity index (χ2v) is 4.87. The van der Waals surface area contributed by atoms with Crippen molar-refractivity contribution in [3.63, 3.8) is 0 Å². The zero-order valence-corrected chi connectivity index (χ0v) is 11.7. The van der Waals surface area contributed by atoms with E-state index >= 15 is 0 Å². The van der Waals surface area contributed by atoms with Crippen molar-refractivity contribution in [1.82, 2.24) is 0 Å². The molecule has 2 aromatic rings. The van der Waals surface area contributed by atoms with Crippen molar-refractivity contribution < 1.29 is 14.7 Å². The Morgan fingerprint density at radius 1 is 1.14 bits per heavy atom. The molecule has 0 aliphatic heterocycles. The molecule has 108 valence electrons. The van der Waals surface area contributed by atoms with Crippen LogP contribution in [0.25, 0.3) is 0 Å². The predicted molar refractivity (Wildman–Crippen MR) is 81.6 cm³/mol. The fourth-order valence-corrected chi connectivity index (χ4v) is 1.99. The van der Waals surface area contributed by atoms with E-state index < -0.39 is 5.97 Å². The normalized spacial score (nSPS) is 10.1. The highest BCUT2D eigenvalue weighted by Gasteiger charge is 2.11. The molecule has 4 N–H and O–H groups in total. The highest BCUT2D eigenvalue weighted by molar-refractivity contribution is 6.33. The number of nitrogen functional groups attached to an aromatic ring is 1. The number of carboxylic acid groups (broad SMARTS) is 1. The van der Waals surface area contributed by atoms with Gasteiger partial charge in [-0.2, -0.15) is 0 Å². The van der Waals surface area contributed by atoms with Crippen LogP contribution in [0.2, 0.25) is 5.02 Å². The third-order valence-corrected chi connectivity index (χ3v) is 3.15. The minimum Gasteiger partial charge on any atom is -0.478 e. The van der Waals surface area contributed by atoms with Crippen LogP contribution in [0.3, 0.4) is 0 Å². The number of aromatic carboxylic acids is 1. The van der Waals surface area contributed by atoms with E-state index in [-0.39, 0.29) is 22.9 Å². The Hall–Kier alpha value is -2.53. The highest BCUT2D eigenvalue weighted by atomic mass is 35.5. The summed E-state index contributed by atoms with van der Waals surface area (Å²) in [5, 5.41) is 11.7. The van der Waals surface area contributed by atoms with E-state index in [2.05, 4.69) is 5.32 Å². The van der Waals surface area contributed by atoms with Crippen LogP contribution in [0.5, 0.6) is 0 Å². The topological polar surface area (TPSA) is 92.4 Å². The van der Waals surface area contributed by atoms with Crippen LogP contribution in [0.15, 0.2) is 42.5 Å². The number of carboxylic acids is 1. The number of halogens is 1. The lowest BCUT2D eigenvalue weighted by atomic mass is 10.1. The van der Waals surface area contributed by atoms with Crippen molar-refractivity contribution in [2.45, 2.75) is 6.42 Å². The number of rotatable bonds is 4. The molecule has 0 aliphatic carbocycles. The van der Waals surface area contributed by atoms with Crippen LogP contribution >= 0.6 is 11.6 Å². The first kappa shape index (κ1) is 14.9. The van der Waals surface area contributed by atoms with Gasteiger partial charge in [-0.1, -0.05) is 23.7 Å². The maximum Gasteiger partial charge on any atom is 0.337 e. The Kier molecular flexibility index (Phi) is 4.45. The summed E-state index contributed by atoms with van der Waals surface area (Å²) in [6, 6.07) is 11.3. The molecule has 0 fully saturated rings. The Morgan fingerprint density at radius 2 is 1.81 bits per heavy atom. The van der Waals surface area contributed by atoms with Crippen molar-refractivity contribution in [3.05, 3.63) is 58.6 Å². The van der Waals surface area contributed by atoms with Gasteiger partial charge in [-0.05, 0) is 35.9 Å². The molecule has 0 radical (unpaired) electrons. The van der Waals surface area contributed by atoms with Crippen molar-refractivity contribution in [3.8, 4) is 0 Å². The number of carbonyl (C=O) groups excluding carboxylic acids is 1. The zero-order chi connectivity index (χ0) is 15.4. The molecule has 0 saturated heterocycles. The molecule has 21 heavy (non-hydrogen) atoms. The summed E-state index contributed by atoms with van der Waals surface area (Å²) in [6.45, 7) is 0. The Labute approximate surface area is 126 Å². The van der Waals surface area contributed by atoms with Gasteiger partial charge in [-0.15, -0.1) is 0 Å². The van der Waals surface area contributed by atoms with Gasteiger partial charge >= 0.3 is 5.97 Å². The molecule has 0 unspecified atom stereocenters. The molecule has 0 bridgehead atoms. The third kappa shape index (κ3) is 3.97. The minimum absolute atomic E-state index is 0.0537. The summed E-state index contributed by atoms with van der Waals surface area (Å²) in [7, 11) is 0. The third-order valence-electron chi connectivity index (χ3n) is 2.82. The lowest BCUT2D eigenvalue weighted by Gasteiger charge is -2.07. The second-order valence-electron chi connectivity index (χ2n) is 4.47. The van der Waals surface area contributed by atoms with Gasteiger partial charge in [0, 0.05) is 11.4 Å². The van der Waals surface area contributed by atoms with Gasteiger partial charge in [0.1, 0.15) is 0 Å². The van der Waals surface area contributed by atoms with Crippen LogP contribution in [-0.4, -0.2) is 17.0 Å². The molecular formula is C15H13ClN2O3. The summed E-state index contributed by atoms with van der Waals surface area (Å²) < 4.78 is 0. The van der Waals surface area contributed by atoms with E-state index in [1.165, 1.54) is 12.1 Å². The zero-order valence-electron chi connectivity index (χ0n) is 11.0. The van der Waals surface area contributed by atoms with Crippen LogP contribution in [0, 0.1) is 0 Å². The van der Waals surface area contributed by atoms with Crippen molar-refractivity contribution in [2.75, 3.05) is 11.1 Å². The van der Waals surface area contributed by atoms with Crippen LogP contribution < -0.4 is 11.1 Å². The number of amides is 1. The van der Waals surface area contributed by atoms with E-state index in [0.717, 1.165) is 5.56 Å². The molecule has 0 aliphatic rings. The molecule has 6 heteroatoms. The van der Waals surface area contributed by atoms with Crippen molar-refractivity contribution in [1.29, 1.82) is 0 Å². The van der Waals surface area contributed by atoms with Gasteiger partial charge in [0.2, 0.25) is 5.91 Å². The lowest BCUT2D eigenvalue weighted by molar-refractivity contribution is -0.115. The first-order valence-corrected chi connectivity index (χ1v) is 6.50. The monoisotopic (exact) mass is 304 g/mol. The molecule has 0 aromatic heterocycles. The quantitative estimate of drug-likeness (QED) is 0.757. The molecule has 5 nitrogen and oxygen atoms in total. The van der Waals surface area contributed by atoms with Crippen LogP contribution in [-0.2, 0) is 11.2 Å². The smallest absolute Gasteiger partial charge is 0.337 e. The largest absolute Gasteiger partial charge is 0.478 e. The van der Waals surface area contributed by atoms with Gasteiger partial charge in [0.15, 0.2) is 0 Å². The van der Waals surface area contributed by atoms with Gasteiger partial charge in [0.05, 0.1) is 17.0 Å². The minimum atomic E-state index is -1.14. The molecule has 0 saturated carbocycles. The summed E-state index contributed by atoms with van der Waals surface area (Å²) in [6.07, 6.45) is 0.172. The number of carbonyl (C=O) groups is 2.